The van der Waals surface area contributed by atoms with Crippen LogP contribution in [0, 0.1) is 5.92 Å². The fourth-order valence-corrected chi connectivity index (χ4v) is 1.20. The number of carbonyl (C=O) groups is 1. The summed E-state index contributed by atoms with van der Waals surface area (Å²) in [6.07, 6.45) is -0.804. The molecule has 12 heavy (non-hydrogen) atoms. The number of carbonyl (C=O) groups excluding carboxylic acids is 1. The van der Waals surface area contributed by atoms with Gasteiger partial charge in [0.05, 0.1) is 13.2 Å². The van der Waals surface area contributed by atoms with Crippen LogP contribution in [0.2, 0.25) is 0 Å². The van der Waals surface area contributed by atoms with E-state index >= 15 is 0 Å². The summed E-state index contributed by atoms with van der Waals surface area (Å²) in [7, 11) is 0. The molecule has 0 saturated carbocycles. The van der Waals surface area contributed by atoms with Crippen LogP contribution in [0.5, 0.6) is 0 Å². The van der Waals surface area contributed by atoms with Crippen LogP contribution in [0.1, 0.15) is 13.8 Å². The molecule has 1 rings (SSSR count). The van der Waals surface area contributed by atoms with Gasteiger partial charge in [-0.15, -0.1) is 0 Å². The summed E-state index contributed by atoms with van der Waals surface area (Å²) in [6, 6.07) is 0. The van der Waals surface area contributed by atoms with Gasteiger partial charge in [-0.25, -0.2) is 0 Å². The Morgan fingerprint density at radius 2 is 2.33 bits per heavy atom. The summed E-state index contributed by atoms with van der Waals surface area (Å²) >= 11 is 0. The molecule has 0 aromatic carbocycles. The van der Waals surface area contributed by atoms with Gasteiger partial charge in [-0.1, -0.05) is 13.8 Å². The molecule has 1 unspecified atom stereocenters. The molecular weight excluding hydrogens is 158 g/mol. The Kier molecular flexibility index (Phi) is 3.05. The van der Waals surface area contributed by atoms with E-state index in [4.69, 9.17) is 9.84 Å². The molecular formula is C8H15NO3. The highest BCUT2D eigenvalue weighted by Gasteiger charge is 2.23. The van der Waals surface area contributed by atoms with Gasteiger partial charge in [0.1, 0.15) is 0 Å². The normalized spacial score (nSPS) is 24.7. The molecule has 1 heterocycles. The van der Waals surface area contributed by atoms with Crippen LogP contribution >= 0.6 is 0 Å². The summed E-state index contributed by atoms with van der Waals surface area (Å²) in [4.78, 5) is 13.0. The van der Waals surface area contributed by atoms with E-state index in [0.717, 1.165) is 0 Å². The standard InChI is InChI=1S/C8H15NO3/c1-6(2)8(11)9-3-4-12-7(10)5-9/h6-7,10H,3-5H2,1-2H3. The number of aliphatic hydroxyl groups excluding tert-OH is 1. The van der Waals surface area contributed by atoms with Gasteiger partial charge in [0.25, 0.3) is 0 Å². The van der Waals surface area contributed by atoms with E-state index in [0.29, 0.717) is 19.7 Å². The van der Waals surface area contributed by atoms with Crippen LogP contribution in [0.4, 0.5) is 0 Å². The van der Waals surface area contributed by atoms with Crippen LogP contribution in [0.25, 0.3) is 0 Å². The molecule has 1 atom stereocenters. The van der Waals surface area contributed by atoms with E-state index in [9.17, 15) is 4.79 Å². The third kappa shape index (κ3) is 2.19. The lowest BCUT2D eigenvalue weighted by atomic mass is 10.2. The number of hydrogen-bond acceptors (Lipinski definition) is 3. The molecule has 0 spiro atoms. The van der Waals surface area contributed by atoms with Crippen LogP contribution in [-0.4, -0.2) is 41.9 Å². The van der Waals surface area contributed by atoms with Crippen molar-refractivity contribution in [2.45, 2.75) is 20.1 Å². The van der Waals surface area contributed by atoms with Crippen molar-refractivity contribution in [2.24, 2.45) is 5.92 Å². The SMILES string of the molecule is CC(C)C(=O)N1CCOC(O)C1. The number of nitrogens with zero attached hydrogens (tertiary/aromatic N) is 1. The molecule has 1 aliphatic rings. The van der Waals surface area contributed by atoms with Crippen molar-refractivity contribution in [1.82, 2.24) is 4.90 Å². The molecule has 0 aromatic rings. The summed E-state index contributed by atoms with van der Waals surface area (Å²) < 4.78 is 4.90. The lowest BCUT2D eigenvalue weighted by Gasteiger charge is -2.31. The molecule has 70 valence electrons. The molecule has 1 fully saturated rings. The molecule has 4 nitrogen and oxygen atoms in total. The summed E-state index contributed by atoms with van der Waals surface area (Å²) in [6.45, 7) is 5.03. The zero-order valence-electron chi connectivity index (χ0n) is 7.49. The Hall–Kier alpha value is -0.610. The molecule has 1 amide bonds. The maximum atomic E-state index is 11.4. The number of amides is 1. The summed E-state index contributed by atoms with van der Waals surface area (Å²) in [5, 5.41) is 9.09. The topological polar surface area (TPSA) is 49.8 Å². The van der Waals surface area contributed by atoms with Gasteiger partial charge in [-0.3, -0.25) is 4.79 Å². The van der Waals surface area contributed by atoms with Crippen molar-refractivity contribution in [3.63, 3.8) is 0 Å². The first kappa shape index (κ1) is 9.48. The minimum absolute atomic E-state index is 0.00435. The van der Waals surface area contributed by atoms with Crippen molar-refractivity contribution in [1.29, 1.82) is 0 Å². The third-order valence-corrected chi connectivity index (χ3v) is 1.85. The minimum atomic E-state index is -0.804. The number of aliphatic hydroxyl groups is 1. The largest absolute Gasteiger partial charge is 0.366 e. The number of ether oxygens (including phenoxy) is 1. The van der Waals surface area contributed by atoms with Crippen LogP contribution in [-0.2, 0) is 9.53 Å². The maximum absolute atomic E-state index is 11.4. The van der Waals surface area contributed by atoms with Gasteiger partial charge in [-0.05, 0) is 0 Å². The van der Waals surface area contributed by atoms with E-state index in [1.807, 2.05) is 13.8 Å². The Bertz CT molecular complexity index is 170. The van der Waals surface area contributed by atoms with Crippen molar-refractivity contribution >= 4 is 5.91 Å². The third-order valence-electron chi connectivity index (χ3n) is 1.85. The average Bonchev–Trinajstić information content (AvgIpc) is 2.03. The van der Waals surface area contributed by atoms with E-state index in [2.05, 4.69) is 0 Å². The van der Waals surface area contributed by atoms with Gasteiger partial charge in [0, 0.05) is 12.5 Å². The summed E-state index contributed by atoms with van der Waals surface area (Å²) in [5.41, 5.74) is 0. The number of hydrogen-bond donors (Lipinski definition) is 1. The van der Waals surface area contributed by atoms with Gasteiger partial charge in [0.15, 0.2) is 6.29 Å². The Morgan fingerprint density at radius 3 is 2.83 bits per heavy atom. The van der Waals surface area contributed by atoms with E-state index in [1.165, 1.54) is 0 Å². The fourth-order valence-electron chi connectivity index (χ4n) is 1.20. The Balaban J connectivity index is 2.46. The van der Waals surface area contributed by atoms with Crippen molar-refractivity contribution in [3.05, 3.63) is 0 Å². The second-order valence-corrected chi connectivity index (χ2v) is 3.26. The van der Waals surface area contributed by atoms with Gasteiger partial charge in [-0.2, -0.15) is 0 Å². The quantitative estimate of drug-likeness (QED) is 0.598. The predicted molar refractivity (Wildman–Crippen MR) is 43.4 cm³/mol. The molecule has 1 saturated heterocycles. The maximum Gasteiger partial charge on any atom is 0.225 e. The molecule has 1 aliphatic heterocycles. The minimum Gasteiger partial charge on any atom is -0.366 e. The zero-order chi connectivity index (χ0) is 9.14. The first-order chi connectivity index (χ1) is 5.61. The molecule has 1 N–H and O–H groups in total. The van der Waals surface area contributed by atoms with Crippen LogP contribution in [0.3, 0.4) is 0 Å². The lowest BCUT2D eigenvalue weighted by molar-refractivity contribution is -0.166. The van der Waals surface area contributed by atoms with Crippen molar-refractivity contribution in [2.75, 3.05) is 19.7 Å². The number of morpholine rings is 1. The summed E-state index contributed by atoms with van der Waals surface area (Å²) in [5.74, 6) is 0.0765. The molecule has 0 aliphatic carbocycles. The van der Waals surface area contributed by atoms with Crippen molar-refractivity contribution < 1.29 is 14.6 Å². The molecule has 0 aromatic heterocycles. The monoisotopic (exact) mass is 173 g/mol. The molecule has 0 radical (unpaired) electrons. The second kappa shape index (κ2) is 3.87. The van der Waals surface area contributed by atoms with E-state index < -0.39 is 6.29 Å². The van der Waals surface area contributed by atoms with Gasteiger partial charge in [0.2, 0.25) is 5.91 Å². The van der Waals surface area contributed by atoms with Crippen molar-refractivity contribution in [3.8, 4) is 0 Å². The fraction of sp³-hybridized carbons (Fsp3) is 0.875. The highest BCUT2D eigenvalue weighted by molar-refractivity contribution is 5.78. The molecule has 0 bridgehead atoms. The first-order valence-corrected chi connectivity index (χ1v) is 4.19. The zero-order valence-corrected chi connectivity index (χ0v) is 7.49. The van der Waals surface area contributed by atoms with E-state index in [1.54, 1.807) is 4.90 Å². The molecule has 4 heteroatoms. The van der Waals surface area contributed by atoms with Crippen LogP contribution in [0.15, 0.2) is 0 Å². The average molecular weight is 173 g/mol. The Morgan fingerprint density at radius 1 is 1.67 bits per heavy atom. The highest BCUT2D eigenvalue weighted by Crippen LogP contribution is 2.07. The van der Waals surface area contributed by atoms with E-state index in [-0.39, 0.29) is 11.8 Å². The number of β-amino-alcohol motifs (C(OH)–C–C–N with tert-alkyl or cyclic N) is 1. The van der Waals surface area contributed by atoms with Gasteiger partial charge >= 0.3 is 0 Å². The lowest BCUT2D eigenvalue weighted by Crippen LogP contribution is -2.46. The second-order valence-electron chi connectivity index (χ2n) is 3.26. The van der Waals surface area contributed by atoms with Crippen LogP contribution < -0.4 is 0 Å². The van der Waals surface area contributed by atoms with Gasteiger partial charge < -0.3 is 14.7 Å². The smallest absolute Gasteiger partial charge is 0.225 e. The highest BCUT2D eigenvalue weighted by atomic mass is 16.6. The first-order valence-electron chi connectivity index (χ1n) is 4.19. The number of rotatable bonds is 1. The predicted octanol–water partition coefficient (Wildman–Crippen LogP) is -0.180. The Labute approximate surface area is 72.1 Å².